The minimum absolute atomic E-state index is 0.282. The quantitative estimate of drug-likeness (QED) is 0.873. The van der Waals surface area contributed by atoms with Crippen molar-refractivity contribution in [1.82, 2.24) is 20.4 Å². The molecule has 20 heavy (non-hydrogen) atoms. The molecular formula is C15H22N4O. The molecule has 4 aliphatic heterocycles. The second-order valence-corrected chi connectivity index (χ2v) is 6.33. The number of ether oxygens (including phenoxy) is 1. The van der Waals surface area contributed by atoms with E-state index in [4.69, 9.17) is 4.74 Å². The first-order chi connectivity index (χ1) is 9.83. The van der Waals surface area contributed by atoms with E-state index in [9.17, 15) is 0 Å². The second kappa shape index (κ2) is 4.67. The lowest BCUT2D eigenvalue weighted by molar-refractivity contribution is -0.0420. The predicted molar refractivity (Wildman–Crippen MR) is 75.8 cm³/mol. The van der Waals surface area contributed by atoms with Gasteiger partial charge in [0.1, 0.15) is 0 Å². The molecule has 108 valence electrons. The van der Waals surface area contributed by atoms with Crippen LogP contribution in [0.25, 0.3) is 0 Å². The number of nitrogens with one attached hydrogen (secondary N) is 1. The average Bonchev–Trinajstić information content (AvgIpc) is 2.98. The van der Waals surface area contributed by atoms with Gasteiger partial charge in [-0.15, -0.1) is 5.10 Å². The fourth-order valence-corrected chi connectivity index (χ4v) is 4.67. The highest BCUT2D eigenvalue weighted by atomic mass is 16.5. The van der Waals surface area contributed by atoms with Crippen LogP contribution in [-0.2, 0) is 0 Å². The van der Waals surface area contributed by atoms with Crippen LogP contribution in [0.4, 0.5) is 0 Å². The first-order valence-electron chi connectivity index (χ1n) is 7.67. The monoisotopic (exact) mass is 274 g/mol. The molecular weight excluding hydrogens is 252 g/mol. The summed E-state index contributed by atoms with van der Waals surface area (Å²) in [5.41, 5.74) is 1.44. The van der Waals surface area contributed by atoms with E-state index >= 15 is 0 Å². The van der Waals surface area contributed by atoms with Crippen LogP contribution in [0.1, 0.15) is 30.9 Å². The largest absolute Gasteiger partial charge is 0.480 e. The van der Waals surface area contributed by atoms with Crippen molar-refractivity contribution in [2.45, 2.75) is 30.7 Å². The van der Waals surface area contributed by atoms with Crippen molar-refractivity contribution in [3.05, 3.63) is 17.8 Å². The molecule has 1 N–H and O–H groups in total. The summed E-state index contributed by atoms with van der Waals surface area (Å²) in [6.07, 6.45) is 3.85. The molecule has 1 aromatic rings. The number of methoxy groups -OCH3 is 1. The van der Waals surface area contributed by atoms with Gasteiger partial charge in [0.05, 0.1) is 12.8 Å². The molecule has 0 aliphatic carbocycles. The van der Waals surface area contributed by atoms with Gasteiger partial charge >= 0.3 is 0 Å². The first-order valence-corrected chi connectivity index (χ1v) is 7.67. The fourth-order valence-electron chi connectivity index (χ4n) is 4.67. The van der Waals surface area contributed by atoms with Crippen LogP contribution in [0.2, 0.25) is 0 Å². The molecule has 1 unspecified atom stereocenters. The summed E-state index contributed by atoms with van der Waals surface area (Å²) < 4.78 is 5.14. The molecule has 4 aliphatic rings. The van der Waals surface area contributed by atoms with Gasteiger partial charge in [0, 0.05) is 24.1 Å². The molecule has 1 spiro atoms. The Morgan fingerprint density at radius 3 is 2.75 bits per heavy atom. The zero-order chi connectivity index (χ0) is 13.6. The molecule has 1 aromatic heterocycles. The number of hydrogen-bond acceptors (Lipinski definition) is 5. The molecule has 5 nitrogen and oxygen atoms in total. The lowest BCUT2D eigenvalue weighted by Crippen LogP contribution is -2.64. The van der Waals surface area contributed by atoms with E-state index in [0.29, 0.717) is 11.8 Å². The summed E-state index contributed by atoms with van der Waals surface area (Å²) in [5, 5.41) is 12.3. The van der Waals surface area contributed by atoms with Crippen molar-refractivity contribution in [3.63, 3.8) is 0 Å². The van der Waals surface area contributed by atoms with Gasteiger partial charge in [0.2, 0.25) is 5.88 Å². The Labute approximate surface area is 119 Å². The molecule has 5 rings (SSSR count). The standard InChI is InChI=1S/C15H22N4O/c1-20-13-3-2-12(17-18-13)14-11-4-8-19(9-5-11)15(14)6-7-16-10-15/h2-3,11,14,16H,4-10H2,1H3/t14?,15-/m0/s1. The van der Waals surface area contributed by atoms with Gasteiger partial charge in [-0.3, -0.25) is 4.90 Å². The summed E-state index contributed by atoms with van der Waals surface area (Å²) >= 11 is 0. The number of rotatable bonds is 2. The lowest BCUT2D eigenvalue weighted by atomic mass is 9.64. The minimum Gasteiger partial charge on any atom is -0.480 e. The smallest absolute Gasteiger partial charge is 0.233 e. The Morgan fingerprint density at radius 1 is 1.30 bits per heavy atom. The third kappa shape index (κ3) is 1.69. The van der Waals surface area contributed by atoms with Crippen molar-refractivity contribution in [2.75, 3.05) is 33.3 Å². The second-order valence-electron chi connectivity index (χ2n) is 6.33. The SMILES string of the molecule is COc1ccc(C2C3CCN(CC3)[C@]23CCNC3)nn1. The van der Waals surface area contributed by atoms with E-state index in [2.05, 4.69) is 26.5 Å². The van der Waals surface area contributed by atoms with Gasteiger partial charge in [0.25, 0.3) is 0 Å². The molecule has 4 saturated heterocycles. The molecule has 5 heterocycles. The Kier molecular flexibility index (Phi) is 2.93. The number of aromatic nitrogens is 2. The number of fused-ring (bicyclic) bond motifs is 2. The average molecular weight is 274 g/mol. The molecule has 0 amide bonds. The number of hydrogen-bond donors (Lipinski definition) is 1. The van der Waals surface area contributed by atoms with E-state index in [1.165, 1.54) is 32.4 Å². The molecule has 2 atom stereocenters. The van der Waals surface area contributed by atoms with Gasteiger partial charge in [-0.2, -0.15) is 5.10 Å². The Morgan fingerprint density at radius 2 is 2.15 bits per heavy atom. The highest BCUT2D eigenvalue weighted by Crippen LogP contribution is 2.51. The van der Waals surface area contributed by atoms with Crippen LogP contribution in [0, 0.1) is 5.92 Å². The highest BCUT2D eigenvalue weighted by Gasteiger charge is 2.55. The maximum atomic E-state index is 5.14. The summed E-state index contributed by atoms with van der Waals surface area (Å²) in [7, 11) is 1.64. The molecule has 5 heteroatoms. The Hall–Kier alpha value is -1.20. The summed E-state index contributed by atoms with van der Waals surface area (Å²) in [5.74, 6) is 1.90. The van der Waals surface area contributed by atoms with Gasteiger partial charge in [-0.25, -0.2) is 0 Å². The summed E-state index contributed by atoms with van der Waals surface area (Å²) in [6.45, 7) is 4.74. The van der Waals surface area contributed by atoms with E-state index in [-0.39, 0.29) is 5.54 Å². The molecule has 4 fully saturated rings. The van der Waals surface area contributed by atoms with Crippen molar-refractivity contribution >= 4 is 0 Å². The van der Waals surface area contributed by atoms with E-state index < -0.39 is 0 Å². The van der Waals surface area contributed by atoms with Crippen LogP contribution in [0.3, 0.4) is 0 Å². The van der Waals surface area contributed by atoms with E-state index in [1.54, 1.807) is 7.11 Å². The van der Waals surface area contributed by atoms with Crippen molar-refractivity contribution in [1.29, 1.82) is 0 Å². The van der Waals surface area contributed by atoms with Gasteiger partial charge in [-0.1, -0.05) is 0 Å². The Bertz CT molecular complexity index is 475. The normalized spacial score (nSPS) is 39.4. The van der Waals surface area contributed by atoms with E-state index in [1.807, 2.05) is 6.07 Å². The van der Waals surface area contributed by atoms with Gasteiger partial charge in [-0.05, 0) is 50.9 Å². The van der Waals surface area contributed by atoms with Crippen molar-refractivity contribution in [2.24, 2.45) is 5.92 Å². The highest BCUT2D eigenvalue weighted by molar-refractivity contribution is 5.25. The van der Waals surface area contributed by atoms with Crippen molar-refractivity contribution < 1.29 is 4.74 Å². The molecule has 0 saturated carbocycles. The predicted octanol–water partition coefficient (Wildman–Crippen LogP) is 1.03. The number of piperidine rings is 3. The maximum absolute atomic E-state index is 5.14. The zero-order valence-corrected chi connectivity index (χ0v) is 12.0. The summed E-state index contributed by atoms with van der Waals surface area (Å²) in [6, 6.07) is 4.08. The minimum atomic E-state index is 0.282. The first kappa shape index (κ1) is 12.5. The number of nitrogens with zero attached hydrogens (tertiary/aromatic N) is 3. The van der Waals surface area contributed by atoms with E-state index in [0.717, 1.165) is 24.7 Å². The summed E-state index contributed by atoms with van der Waals surface area (Å²) in [4.78, 5) is 2.71. The fraction of sp³-hybridized carbons (Fsp3) is 0.733. The zero-order valence-electron chi connectivity index (χ0n) is 12.0. The van der Waals surface area contributed by atoms with Gasteiger partial charge < -0.3 is 10.1 Å². The van der Waals surface area contributed by atoms with Crippen molar-refractivity contribution in [3.8, 4) is 5.88 Å². The van der Waals surface area contributed by atoms with Crippen LogP contribution in [0.15, 0.2) is 12.1 Å². The van der Waals surface area contributed by atoms with Crippen LogP contribution in [0.5, 0.6) is 5.88 Å². The third-order valence-electron chi connectivity index (χ3n) is 5.57. The van der Waals surface area contributed by atoms with Crippen LogP contribution >= 0.6 is 0 Å². The molecule has 2 bridgehead atoms. The molecule has 0 radical (unpaired) electrons. The van der Waals surface area contributed by atoms with Gasteiger partial charge in [0.15, 0.2) is 0 Å². The topological polar surface area (TPSA) is 50.3 Å². The Balaban J connectivity index is 1.73. The molecule has 0 aromatic carbocycles. The third-order valence-corrected chi connectivity index (χ3v) is 5.57. The maximum Gasteiger partial charge on any atom is 0.233 e. The van der Waals surface area contributed by atoms with Crippen LogP contribution in [-0.4, -0.2) is 53.9 Å². The van der Waals surface area contributed by atoms with Crippen LogP contribution < -0.4 is 10.1 Å². The lowest BCUT2D eigenvalue weighted by Gasteiger charge is -2.57.